The number of ether oxygens (including phenoxy) is 1. The van der Waals surface area contributed by atoms with Crippen LogP contribution in [0.2, 0.25) is 0 Å². The van der Waals surface area contributed by atoms with Gasteiger partial charge in [-0.1, -0.05) is 6.07 Å². The third-order valence-electron chi connectivity index (χ3n) is 3.57. The summed E-state index contributed by atoms with van der Waals surface area (Å²) in [5, 5.41) is 6.58. The highest BCUT2D eigenvalue weighted by Crippen LogP contribution is 2.18. The average molecular weight is 361 g/mol. The molecule has 3 rings (SSSR count). The monoisotopic (exact) mass is 361 g/mol. The van der Waals surface area contributed by atoms with E-state index in [4.69, 9.17) is 4.74 Å². The van der Waals surface area contributed by atoms with Gasteiger partial charge < -0.3 is 10.1 Å². The summed E-state index contributed by atoms with van der Waals surface area (Å²) in [6.07, 6.45) is 1.47. The van der Waals surface area contributed by atoms with E-state index >= 15 is 0 Å². The molecule has 3 aromatic rings. The van der Waals surface area contributed by atoms with E-state index in [1.54, 1.807) is 13.0 Å². The zero-order valence-corrected chi connectivity index (χ0v) is 13.7. The largest absolute Gasteiger partial charge is 0.468 e. The Kier molecular flexibility index (Phi) is 4.92. The van der Waals surface area contributed by atoms with Crippen molar-refractivity contribution in [1.29, 1.82) is 0 Å². The van der Waals surface area contributed by atoms with Gasteiger partial charge in [-0.25, -0.2) is 17.9 Å². The van der Waals surface area contributed by atoms with Gasteiger partial charge in [0.15, 0.2) is 24.0 Å². The normalized spacial score (nSPS) is 10.6. The third-order valence-corrected chi connectivity index (χ3v) is 3.57. The molecule has 1 N–H and O–H groups in total. The minimum Gasteiger partial charge on any atom is -0.468 e. The molecular weight excluding hydrogens is 347 g/mol. The number of nitrogens with zero attached hydrogens (tertiary/aromatic N) is 2. The second-order valence-electron chi connectivity index (χ2n) is 5.50. The van der Waals surface area contributed by atoms with E-state index in [1.165, 1.54) is 29.1 Å². The Morgan fingerprint density at radius 1 is 1.12 bits per heavy atom. The van der Waals surface area contributed by atoms with Crippen molar-refractivity contribution in [3.05, 3.63) is 77.4 Å². The van der Waals surface area contributed by atoms with Gasteiger partial charge in [0.1, 0.15) is 11.6 Å². The lowest BCUT2D eigenvalue weighted by Crippen LogP contribution is -2.15. The molecule has 0 atom stereocenters. The molecule has 0 saturated carbocycles. The second kappa shape index (κ2) is 7.30. The van der Waals surface area contributed by atoms with Crippen LogP contribution in [0.1, 0.15) is 16.1 Å². The number of anilines is 1. The molecule has 1 heterocycles. The van der Waals surface area contributed by atoms with E-state index in [2.05, 4.69) is 10.4 Å². The molecule has 1 amide bonds. The first-order valence-corrected chi connectivity index (χ1v) is 7.61. The fourth-order valence-corrected chi connectivity index (χ4v) is 2.20. The predicted molar refractivity (Wildman–Crippen MR) is 88.3 cm³/mol. The standard InChI is InChI=1S/C18H14F3N3O2/c1-11-2-3-13(20)9-16(11)22-18(25)15-6-7-24(23-15)10-26-17-5-4-12(19)8-14(17)21/h2-9H,10H2,1H3,(H,22,25). The maximum Gasteiger partial charge on any atom is 0.276 e. The highest BCUT2D eigenvalue weighted by Gasteiger charge is 2.12. The zero-order valence-electron chi connectivity index (χ0n) is 13.7. The summed E-state index contributed by atoms with van der Waals surface area (Å²) in [6, 6.07) is 8.44. The second-order valence-corrected chi connectivity index (χ2v) is 5.50. The van der Waals surface area contributed by atoms with E-state index in [-0.39, 0.29) is 18.2 Å². The first-order chi connectivity index (χ1) is 12.4. The van der Waals surface area contributed by atoms with E-state index < -0.39 is 23.4 Å². The summed E-state index contributed by atoms with van der Waals surface area (Å²) in [5.74, 6) is -2.67. The molecule has 0 unspecified atom stereocenters. The Morgan fingerprint density at radius 3 is 2.62 bits per heavy atom. The minimum atomic E-state index is -0.836. The van der Waals surface area contributed by atoms with E-state index in [0.717, 1.165) is 12.1 Å². The van der Waals surface area contributed by atoms with Crippen LogP contribution in [0.3, 0.4) is 0 Å². The highest BCUT2D eigenvalue weighted by atomic mass is 19.1. The zero-order chi connectivity index (χ0) is 18.7. The van der Waals surface area contributed by atoms with E-state index in [9.17, 15) is 18.0 Å². The van der Waals surface area contributed by atoms with Crippen molar-refractivity contribution in [3.8, 4) is 5.75 Å². The van der Waals surface area contributed by atoms with Gasteiger partial charge in [-0.15, -0.1) is 0 Å². The maximum atomic E-state index is 13.5. The molecule has 0 aliphatic heterocycles. The van der Waals surface area contributed by atoms with Crippen LogP contribution in [-0.4, -0.2) is 15.7 Å². The van der Waals surface area contributed by atoms with Crippen LogP contribution >= 0.6 is 0 Å². The number of rotatable bonds is 5. The summed E-state index contributed by atoms with van der Waals surface area (Å²) in [4.78, 5) is 12.2. The summed E-state index contributed by atoms with van der Waals surface area (Å²) in [5.41, 5.74) is 1.13. The maximum absolute atomic E-state index is 13.5. The number of nitrogens with one attached hydrogen (secondary N) is 1. The van der Waals surface area contributed by atoms with Crippen LogP contribution in [0.25, 0.3) is 0 Å². The van der Waals surface area contributed by atoms with E-state index in [0.29, 0.717) is 17.3 Å². The van der Waals surface area contributed by atoms with Gasteiger partial charge in [-0.05, 0) is 42.8 Å². The first kappa shape index (κ1) is 17.5. The molecular formula is C18H14F3N3O2. The Hall–Kier alpha value is -3.29. The fraction of sp³-hybridized carbons (Fsp3) is 0.111. The van der Waals surface area contributed by atoms with Crippen LogP contribution < -0.4 is 10.1 Å². The van der Waals surface area contributed by atoms with Crippen LogP contribution in [0.4, 0.5) is 18.9 Å². The number of carbonyl (C=O) groups is 1. The van der Waals surface area contributed by atoms with Crippen LogP contribution in [-0.2, 0) is 6.73 Å². The quantitative estimate of drug-likeness (QED) is 0.750. The van der Waals surface area contributed by atoms with Gasteiger partial charge in [0, 0.05) is 18.0 Å². The SMILES string of the molecule is Cc1ccc(F)cc1NC(=O)c1ccn(COc2ccc(F)cc2F)n1. The number of hydrogen-bond donors (Lipinski definition) is 1. The Labute approximate surface area is 147 Å². The number of amides is 1. The van der Waals surface area contributed by atoms with Crippen LogP contribution in [0.15, 0.2) is 48.7 Å². The molecule has 0 aliphatic carbocycles. The van der Waals surface area contributed by atoms with Gasteiger partial charge in [-0.3, -0.25) is 4.79 Å². The van der Waals surface area contributed by atoms with Crippen LogP contribution in [0.5, 0.6) is 5.75 Å². The molecule has 0 radical (unpaired) electrons. The average Bonchev–Trinajstić information content (AvgIpc) is 3.06. The van der Waals surface area contributed by atoms with Crippen molar-refractivity contribution < 1.29 is 22.7 Å². The van der Waals surface area contributed by atoms with Crippen molar-refractivity contribution in [2.75, 3.05) is 5.32 Å². The van der Waals surface area contributed by atoms with Crippen molar-refractivity contribution >= 4 is 11.6 Å². The topological polar surface area (TPSA) is 56.2 Å². The molecule has 0 aliphatic rings. The van der Waals surface area contributed by atoms with Crippen molar-refractivity contribution in [3.63, 3.8) is 0 Å². The number of hydrogen-bond acceptors (Lipinski definition) is 3. The van der Waals surface area contributed by atoms with Gasteiger partial charge in [0.2, 0.25) is 0 Å². The smallest absolute Gasteiger partial charge is 0.276 e. The molecule has 0 saturated heterocycles. The number of aromatic nitrogens is 2. The number of benzene rings is 2. The van der Waals surface area contributed by atoms with Gasteiger partial charge in [0.25, 0.3) is 5.91 Å². The Morgan fingerprint density at radius 2 is 1.85 bits per heavy atom. The molecule has 8 heteroatoms. The first-order valence-electron chi connectivity index (χ1n) is 7.61. The number of aryl methyl sites for hydroxylation is 1. The van der Waals surface area contributed by atoms with Crippen molar-refractivity contribution in [2.24, 2.45) is 0 Å². The molecule has 2 aromatic carbocycles. The molecule has 5 nitrogen and oxygen atoms in total. The summed E-state index contributed by atoms with van der Waals surface area (Å²) < 4.78 is 46.1. The summed E-state index contributed by atoms with van der Waals surface area (Å²) in [6.45, 7) is 1.56. The molecule has 0 spiro atoms. The van der Waals surface area contributed by atoms with Gasteiger partial charge in [-0.2, -0.15) is 5.10 Å². The fourth-order valence-electron chi connectivity index (χ4n) is 2.20. The molecule has 0 bridgehead atoms. The van der Waals surface area contributed by atoms with Crippen LogP contribution in [0, 0.1) is 24.4 Å². The van der Waals surface area contributed by atoms with Gasteiger partial charge >= 0.3 is 0 Å². The number of carbonyl (C=O) groups excluding carboxylic acids is 1. The molecule has 134 valence electrons. The van der Waals surface area contributed by atoms with E-state index in [1.807, 2.05) is 0 Å². The Balaban J connectivity index is 1.65. The lowest BCUT2D eigenvalue weighted by molar-refractivity contribution is 0.102. The predicted octanol–water partition coefficient (Wildman–Crippen LogP) is 3.90. The van der Waals surface area contributed by atoms with Gasteiger partial charge in [0.05, 0.1) is 0 Å². The lowest BCUT2D eigenvalue weighted by Gasteiger charge is -2.08. The molecule has 26 heavy (non-hydrogen) atoms. The Bertz CT molecular complexity index is 957. The molecule has 0 fully saturated rings. The minimum absolute atomic E-state index is 0.0804. The van der Waals surface area contributed by atoms with Crippen molar-refractivity contribution in [1.82, 2.24) is 9.78 Å². The third kappa shape index (κ3) is 4.02. The van der Waals surface area contributed by atoms with Crippen molar-refractivity contribution in [2.45, 2.75) is 13.7 Å². The number of halogens is 3. The lowest BCUT2D eigenvalue weighted by atomic mass is 10.2. The summed E-state index contributed by atoms with van der Waals surface area (Å²) in [7, 11) is 0. The highest BCUT2D eigenvalue weighted by molar-refractivity contribution is 6.03. The molecule has 1 aromatic heterocycles. The summed E-state index contributed by atoms with van der Waals surface area (Å²) >= 11 is 0.